The number of hydrogen-bond donors (Lipinski definition) is 1. The largest absolute Gasteiger partial charge is 0.496 e. The second-order valence-electron chi connectivity index (χ2n) is 5.34. The lowest BCUT2D eigenvalue weighted by molar-refractivity contribution is 0.400. The number of hydrogen-bond acceptors (Lipinski definition) is 3. The lowest BCUT2D eigenvalue weighted by atomic mass is 9.86. The third-order valence-corrected chi connectivity index (χ3v) is 4.20. The average molecular weight is 268 g/mol. The van der Waals surface area contributed by atoms with Gasteiger partial charge in [0.25, 0.3) is 0 Å². The Kier molecular flexibility index (Phi) is 3.45. The molecule has 3 nitrogen and oxygen atoms in total. The van der Waals surface area contributed by atoms with Gasteiger partial charge in [0.15, 0.2) is 0 Å². The van der Waals surface area contributed by atoms with Crippen LogP contribution in [0.1, 0.15) is 33.9 Å². The zero-order valence-corrected chi connectivity index (χ0v) is 12.2. The fourth-order valence-electron chi connectivity index (χ4n) is 3.06. The zero-order chi connectivity index (χ0) is 14.1. The predicted octanol–water partition coefficient (Wildman–Crippen LogP) is 2.94. The van der Waals surface area contributed by atoms with Crippen molar-refractivity contribution in [2.24, 2.45) is 0 Å². The molecule has 1 aromatic heterocycles. The molecule has 104 valence electrons. The first kappa shape index (κ1) is 13.1. The van der Waals surface area contributed by atoms with E-state index in [4.69, 9.17) is 4.74 Å². The minimum atomic E-state index is 0.231. The molecule has 3 heteroatoms. The third-order valence-electron chi connectivity index (χ3n) is 4.20. The van der Waals surface area contributed by atoms with Crippen LogP contribution in [0.15, 0.2) is 30.6 Å². The van der Waals surface area contributed by atoms with Crippen molar-refractivity contribution >= 4 is 0 Å². The highest BCUT2D eigenvalue weighted by Gasteiger charge is 2.25. The van der Waals surface area contributed by atoms with Crippen LogP contribution in [-0.4, -0.2) is 18.6 Å². The maximum atomic E-state index is 5.67. The van der Waals surface area contributed by atoms with Crippen molar-refractivity contribution in [3.63, 3.8) is 0 Å². The van der Waals surface area contributed by atoms with Gasteiger partial charge in [0, 0.05) is 24.5 Å². The van der Waals surface area contributed by atoms with Crippen LogP contribution in [0.2, 0.25) is 0 Å². The molecule has 0 saturated heterocycles. The molecule has 0 spiro atoms. The van der Waals surface area contributed by atoms with E-state index in [9.17, 15) is 0 Å². The summed E-state index contributed by atoms with van der Waals surface area (Å²) >= 11 is 0. The molecule has 0 radical (unpaired) electrons. The third kappa shape index (κ3) is 2.08. The monoisotopic (exact) mass is 268 g/mol. The Morgan fingerprint density at radius 2 is 2.00 bits per heavy atom. The molecule has 20 heavy (non-hydrogen) atoms. The summed E-state index contributed by atoms with van der Waals surface area (Å²) in [6.45, 7) is 5.26. The summed E-state index contributed by atoms with van der Waals surface area (Å²) in [4.78, 5) is 4.11. The van der Waals surface area contributed by atoms with Crippen LogP contribution < -0.4 is 10.1 Å². The highest BCUT2D eigenvalue weighted by Crippen LogP contribution is 2.37. The first-order chi connectivity index (χ1) is 9.72. The van der Waals surface area contributed by atoms with Crippen LogP contribution in [0.25, 0.3) is 0 Å². The maximum Gasteiger partial charge on any atom is 0.125 e. The van der Waals surface area contributed by atoms with Gasteiger partial charge < -0.3 is 10.1 Å². The number of ether oxygens (including phenoxy) is 1. The van der Waals surface area contributed by atoms with Crippen molar-refractivity contribution in [2.45, 2.75) is 26.3 Å². The molecule has 0 fully saturated rings. The molecule has 1 atom stereocenters. The molecule has 0 bridgehead atoms. The molecule has 0 amide bonds. The van der Waals surface area contributed by atoms with Gasteiger partial charge in [-0.05, 0) is 54.7 Å². The van der Waals surface area contributed by atoms with Crippen LogP contribution >= 0.6 is 0 Å². The maximum absolute atomic E-state index is 5.67. The summed E-state index contributed by atoms with van der Waals surface area (Å²) in [6, 6.07) is 6.68. The standard InChI is InChI=1S/C17H20N2O/c1-11-10-15-14(17(20-3)12(11)2)6-9-19-16(15)13-4-7-18-8-5-13/h4-5,7-8,10,16,19H,6,9H2,1-3H3. The highest BCUT2D eigenvalue weighted by atomic mass is 16.5. The van der Waals surface area contributed by atoms with Crippen molar-refractivity contribution in [3.8, 4) is 5.75 Å². The highest BCUT2D eigenvalue weighted by molar-refractivity contribution is 5.54. The van der Waals surface area contributed by atoms with Crippen LogP contribution in [0.4, 0.5) is 0 Å². The summed E-state index contributed by atoms with van der Waals surface area (Å²) < 4.78 is 5.67. The molecule has 1 unspecified atom stereocenters. The smallest absolute Gasteiger partial charge is 0.125 e. The number of aryl methyl sites for hydroxylation is 1. The summed E-state index contributed by atoms with van der Waals surface area (Å²) in [6.07, 6.45) is 4.72. The van der Waals surface area contributed by atoms with Gasteiger partial charge in [-0.3, -0.25) is 4.98 Å². The van der Waals surface area contributed by atoms with E-state index in [0.29, 0.717) is 0 Å². The molecule has 2 aromatic rings. The number of pyridine rings is 1. The van der Waals surface area contributed by atoms with Gasteiger partial charge in [-0.1, -0.05) is 6.07 Å². The van der Waals surface area contributed by atoms with Crippen LogP contribution in [0.5, 0.6) is 5.75 Å². The lowest BCUT2D eigenvalue weighted by Gasteiger charge is -2.30. The molecule has 0 aliphatic carbocycles. The van der Waals surface area contributed by atoms with Crippen LogP contribution in [0.3, 0.4) is 0 Å². The second-order valence-corrected chi connectivity index (χ2v) is 5.34. The van der Waals surface area contributed by atoms with E-state index in [0.717, 1.165) is 18.7 Å². The van der Waals surface area contributed by atoms with Crippen molar-refractivity contribution in [1.29, 1.82) is 0 Å². The lowest BCUT2D eigenvalue weighted by Crippen LogP contribution is -2.31. The number of fused-ring (bicyclic) bond motifs is 1. The molecule has 3 rings (SSSR count). The van der Waals surface area contributed by atoms with Crippen LogP contribution in [-0.2, 0) is 6.42 Å². The summed E-state index contributed by atoms with van der Waals surface area (Å²) in [5, 5.41) is 3.61. The molecule has 1 aliphatic heterocycles. The minimum Gasteiger partial charge on any atom is -0.496 e. The molecular formula is C17H20N2O. The van der Waals surface area contributed by atoms with Gasteiger partial charge in [0.2, 0.25) is 0 Å². The number of benzene rings is 1. The van der Waals surface area contributed by atoms with Crippen molar-refractivity contribution < 1.29 is 4.74 Å². The zero-order valence-electron chi connectivity index (χ0n) is 12.2. The Bertz CT molecular complexity index is 623. The van der Waals surface area contributed by atoms with E-state index in [1.54, 1.807) is 7.11 Å². The van der Waals surface area contributed by atoms with Gasteiger partial charge in [-0.2, -0.15) is 0 Å². The molecule has 1 N–H and O–H groups in total. The summed E-state index contributed by atoms with van der Waals surface area (Å²) in [5.74, 6) is 1.06. The number of nitrogens with one attached hydrogen (secondary N) is 1. The topological polar surface area (TPSA) is 34.1 Å². The molecule has 0 saturated carbocycles. The second kappa shape index (κ2) is 5.25. The Labute approximate surface area is 120 Å². The minimum absolute atomic E-state index is 0.231. The van der Waals surface area contributed by atoms with E-state index in [1.165, 1.54) is 27.8 Å². The number of rotatable bonds is 2. The fourth-order valence-corrected chi connectivity index (χ4v) is 3.06. The summed E-state index contributed by atoms with van der Waals surface area (Å²) in [5.41, 5.74) is 6.47. The van der Waals surface area contributed by atoms with Crippen molar-refractivity contribution in [3.05, 3.63) is 58.4 Å². The van der Waals surface area contributed by atoms with Gasteiger partial charge >= 0.3 is 0 Å². The Balaban J connectivity index is 2.16. The van der Waals surface area contributed by atoms with Gasteiger partial charge in [-0.15, -0.1) is 0 Å². The number of nitrogens with zero attached hydrogens (tertiary/aromatic N) is 1. The Hall–Kier alpha value is -1.87. The van der Waals surface area contributed by atoms with Crippen LogP contribution in [0, 0.1) is 13.8 Å². The normalized spacial score (nSPS) is 17.6. The first-order valence-electron chi connectivity index (χ1n) is 7.02. The number of methoxy groups -OCH3 is 1. The molecule has 2 heterocycles. The summed E-state index contributed by atoms with van der Waals surface area (Å²) in [7, 11) is 1.77. The Morgan fingerprint density at radius 3 is 2.70 bits per heavy atom. The average Bonchev–Trinajstić information content (AvgIpc) is 2.49. The van der Waals surface area contributed by atoms with Crippen molar-refractivity contribution in [1.82, 2.24) is 10.3 Å². The SMILES string of the molecule is COc1c(C)c(C)cc2c1CCNC2c1ccncc1. The molecule has 1 aliphatic rings. The molecular weight excluding hydrogens is 248 g/mol. The first-order valence-corrected chi connectivity index (χ1v) is 7.02. The van der Waals surface area contributed by atoms with Gasteiger partial charge in [0.05, 0.1) is 13.2 Å². The van der Waals surface area contributed by atoms with E-state index < -0.39 is 0 Å². The Morgan fingerprint density at radius 1 is 1.25 bits per heavy atom. The van der Waals surface area contributed by atoms with Crippen molar-refractivity contribution in [2.75, 3.05) is 13.7 Å². The van der Waals surface area contributed by atoms with E-state index in [1.807, 2.05) is 12.4 Å². The number of aromatic nitrogens is 1. The van der Waals surface area contributed by atoms with E-state index in [-0.39, 0.29) is 6.04 Å². The van der Waals surface area contributed by atoms with Gasteiger partial charge in [0.1, 0.15) is 5.75 Å². The van der Waals surface area contributed by atoms with E-state index >= 15 is 0 Å². The fraction of sp³-hybridized carbons (Fsp3) is 0.353. The van der Waals surface area contributed by atoms with Gasteiger partial charge in [-0.25, -0.2) is 0 Å². The van der Waals surface area contributed by atoms with E-state index in [2.05, 4.69) is 42.3 Å². The quantitative estimate of drug-likeness (QED) is 0.909. The predicted molar refractivity (Wildman–Crippen MR) is 80.3 cm³/mol. The molecule has 1 aromatic carbocycles.